The minimum absolute atomic E-state index is 0.0421. The van der Waals surface area contributed by atoms with E-state index in [4.69, 9.17) is 23.2 Å². The van der Waals surface area contributed by atoms with Crippen LogP contribution in [0.3, 0.4) is 0 Å². The summed E-state index contributed by atoms with van der Waals surface area (Å²) >= 11 is 12.6. The number of hydrogen-bond donors (Lipinski definition) is 1. The standard InChI is InChI=1S/C17H19Cl2N/c1-10-5-6-13(18)9-14(10)17(20-4)15-7-11(2)12(3)8-16(15)19/h5-9,17,20H,1-4H3. The topological polar surface area (TPSA) is 12.0 Å². The zero-order valence-corrected chi connectivity index (χ0v) is 13.7. The van der Waals surface area contributed by atoms with Crippen molar-refractivity contribution in [2.75, 3.05) is 7.05 Å². The monoisotopic (exact) mass is 307 g/mol. The number of nitrogens with one attached hydrogen (secondary N) is 1. The third kappa shape index (κ3) is 3.01. The number of halogens is 2. The van der Waals surface area contributed by atoms with Crippen molar-refractivity contribution in [2.45, 2.75) is 26.8 Å². The van der Waals surface area contributed by atoms with Crippen LogP contribution in [0.5, 0.6) is 0 Å². The lowest BCUT2D eigenvalue weighted by Gasteiger charge is -2.22. The van der Waals surface area contributed by atoms with Gasteiger partial charge in [0.2, 0.25) is 0 Å². The molecule has 0 spiro atoms. The molecule has 2 aromatic carbocycles. The normalized spacial score (nSPS) is 12.5. The maximum atomic E-state index is 6.44. The molecule has 1 unspecified atom stereocenters. The highest BCUT2D eigenvalue weighted by Crippen LogP contribution is 2.33. The van der Waals surface area contributed by atoms with Crippen LogP contribution in [-0.2, 0) is 0 Å². The van der Waals surface area contributed by atoms with Crippen molar-refractivity contribution in [1.82, 2.24) is 5.32 Å². The Morgan fingerprint density at radius 2 is 1.50 bits per heavy atom. The van der Waals surface area contributed by atoms with E-state index >= 15 is 0 Å². The average molecular weight is 308 g/mol. The van der Waals surface area contributed by atoms with E-state index in [1.807, 2.05) is 31.3 Å². The van der Waals surface area contributed by atoms with Crippen LogP contribution in [0.15, 0.2) is 30.3 Å². The molecule has 1 N–H and O–H groups in total. The molecule has 0 aliphatic rings. The highest BCUT2D eigenvalue weighted by atomic mass is 35.5. The zero-order valence-electron chi connectivity index (χ0n) is 12.2. The highest BCUT2D eigenvalue weighted by Gasteiger charge is 2.18. The lowest BCUT2D eigenvalue weighted by atomic mass is 9.93. The number of hydrogen-bond acceptors (Lipinski definition) is 1. The lowest BCUT2D eigenvalue weighted by molar-refractivity contribution is 0.687. The fraction of sp³-hybridized carbons (Fsp3) is 0.294. The Kier molecular flexibility index (Phi) is 4.74. The molecule has 0 amide bonds. The fourth-order valence-corrected chi connectivity index (χ4v) is 2.93. The first-order valence-corrected chi connectivity index (χ1v) is 7.39. The van der Waals surface area contributed by atoms with E-state index in [1.54, 1.807) is 0 Å². The number of benzene rings is 2. The van der Waals surface area contributed by atoms with E-state index < -0.39 is 0 Å². The molecule has 0 heterocycles. The summed E-state index contributed by atoms with van der Waals surface area (Å²) in [6, 6.07) is 10.2. The third-order valence-corrected chi connectivity index (χ3v) is 4.33. The minimum atomic E-state index is 0.0421. The van der Waals surface area contributed by atoms with E-state index in [0.717, 1.165) is 21.2 Å². The molecule has 106 valence electrons. The van der Waals surface area contributed by atoms with E-state index in [2.05, 4.69) is 32.2 Å². The van der Waals surface area contributed by atoms with E-state index in [1.165, 1.54) is 16.7 Å². The molecule has 0 bridgehead atoms. The predicted molar refractivity (Wildman–Crippen MR) is 88.0 cm³/mol. The van der Waals surface area contributed by atoms with E-state index in [0.29, 0.717) is 0 Å². The maximum absolute atomic E-state index is 6.44. The van der Waals surface area contributed by atoms with Gasteiger partial charge >= 0.3 is 0 Å². The van der Waals surface area contributed by atoms with Crippen LogP contribution in [0.2, 0.25) is 10.0 Å². The van der Waals surface area contributed by atoms with Crippen LogP contribution in [0.4, 0.5) is 0 Å². The molecule has 2 rings (SSSR count). The summed E-state index contributed by atoms with van der Waals surface area (Å²) in [4.78, 5) is 0. The van der Waals surface area contributed by atoms with Gasteiger partial charge in [-0.15, -0.1) is 0 Å². The Hall–Kier alpha value is -1.02. The summed E-state index contributed by atoms with van der Waals surface area (Å²) in [6.45, 7) is 6.27. The van der Waals surface area contributed by atoms with Crippen LogP contribution in [-0.4, -0.2) is 7.05 Å². The highest BCUT2D eigenvalue weighted by molar-refractivity contribution is 6.31. The minimum Gasteiger partial charge on any atom is -0.309 e. The first-order valence-electron chi connectivity index (χ1n) is 6.64. The van der Waals surface area contributed by atoms with Crippen LogP contribution < -0.4 is 5.32 Å². The molecule has 0 aliphatic carbocycles. The molecule has 3 heteroatoms. The van der Waals surface area contributed by atoms with Gasteiger partial charge in [-0.05, 0) is 73.8 Å². The van der Waals surface area contributed by atoms with E-state index in [9.17, 15) is 0 Å². The van der Waals surface area contributed by atoms with Crippen molar-refractivity contribution >= 4 is 23.2 Å². The SMILES string of the molecule is CNC(c1cc(Cl)ccc1C)c1cc(C)c(C)cc1Cl. The van der Waals surface area contributed by atoms with Crippen molar-refractivity contribution < 1.29 is 0 Å². The van der Waals surface area contributed by atoms with Gasteiger partial charge in [-0.25, -0.2) is 0 Å². The molecule has 1 nitrogen and oxygen atoms in total. The van der Waals surface area contributed by atoms with Crippen LogP contribution >= 0.6 is 23.2 Å². The number of aryl methyl sites for hydroxylation is 3. The Labute approximate surface area is 130 Å². The summed E-state index contributed by atoms with van der Waals surface area (Å²) < 4.78 is 0. The molecule has 20 heavy (non-hydrogen) atoms. The Morgan fingerprint density at radius 3 is 2.15 bits per heavy atom. The Morgan fingerprint density at radius 1 is 0.850 bits per heavy atom. The van der Waals surface area contributed by atoms with Gasteiger partial charge < -0.3 is 5.32 Å². The van der Waals surface area contributed by atoms with Gasteiger partial charge in [0.15, 0.2) is 0 Å². The molecule has 1 atom stereocenters. The number of rotatable bonds is 3. The second-order valence-corrected chi connectivity index (χ2v) is 6.02. The smallest absolute Gasteiger partial charge is 0.0592 e. The van der Waals surface area contributed by atoms with Crippen molar-refractivity contribution in [3.63, 3.8) is 0 Å². The summed E-state index contributed by atoms with van der Waals surface area (Å²) in [7, 11) is 1.94. The second kappa shape index (κ2) is 6.17. The molecule has 0 aliphatic heterocycles. The fourth-order valence-electron chi connectivity index (χ4n) is 2.43. The average Bonchev–Trinajstić information content (AvgIpc) is 2.40. The van der Waals surface area contributed by atoms with Gasteiger partial charge in [0.1, 0.15) is 0 Å². The zero-order chi connectivity index (χ0) is 14.9. The maximum Gasteiger partial charge on any atom is 0.0592 e. The summed E-state index contributed by atoms with van der Waals surface area (Å²) in [5.41, 5.74) is 5.89. The molecule has 0 aromatic heterocycles. The van der Waals surface area contributed by atoms with Crippen molar-refractivity contribution in [3.05, 3.63) is 68.2 Å². The van der Waals surface area contributed by atoms with Crippen LogP contribution in [0.1, 0.15) is 33.9 Å². The predicted octanol–water partition coefficient (Wildman–Crippen LogP) is 5.23. The van der Waals surface area contributed by atoms with Crippen molar-refractivity contribution in [2.24, 2.45) is 0 Å². The van der Waals surface area contributed by atoms with Gasteiger partial charge in [-0.3, -0.25) is 0 Å². The third-order valence-electron chi connectivity index (χ3n) is 3.76. The summed E-state index contributed by atoms with van der Waals surface area (Å²) in [6.07, 6.45) is 0. The van der Waals surface area contributed by atoms with Gasteiger partial charge in [0, 0.05) is 10.0 Å². The molecule has 0 fully saturated rings. The summed E-state index contributed by atoms with van der Waals surface area (Å²) in [5, 5.41) is 4.87. The Balaban J connectivity index is 2.58. The van der Waals surface area contributed by atoms with Crippen molar-refractivity contribution in [1.29, 1.82) is 0 Å². The molecule has 2 aromatic rings. The quantitative estimate of drug-likeness (QED) is 0.819. The van der Waals surface area contributed by atoms with E-state index in [-0.39, 0.29) is 6.04 Å². The van der Waals surface area contributed by atoms with Crippen LogP contribution in [0, 0.1) is 20.8 Å². The molecular formula is C17H19Cl2N. The van der Waals surface area contributed by atoms with Crippen LogP contribution in [0.25, 0.3) is 0 Å². The molecule has 0 radical (unpaired) electrons. The first-order chi connectivity index (χ1) is 9.43. The molecule has 0 saturated heterocycles. The lowest BCUT2D eigenvalue weighted by Crippen LogP contribution is -2.19. The van der Waals surface area contributed by atoms with Gasteiger partial charge in [-0.1, -0.05) is 35.3 Å². The Bertz CT molecular complexity index is 635. The molecule has 0 saturated carbocycles. The molecular weight excluding hydrogens is 289 g/mol. The summed E-state index contributed by atoms with van der Waals surface area (Å²) in [5.74, 6) is 0. The first kappa shape index (κ1) is 15.4. The second-order valence-electron chi connectivity index (χ2n) is 5.18. The van der Waals surface area contributed by atoms with Crippen molar-refractivity contribution in [3.8, 4) is 0 Å². The van der Waals surface area contributed by atoms with Gasteiger partial charge in [0.25, 0.3) is 0 Å². The van der Waals surface area contributed by atoms with Gasteiger partial charge in [-0.2, -0.15) is 0 Å². The largest absolute Gasteiger partial charge is 0.309 e. The van der Waals surface area contributed by atoms with Gasteiger partial charge in [0.05, 0.1) is 6.04 Å².